The Morgan fingerprint density at radius 3 is 2.83 bits per heavy atom. The number of aryl methyl sites for hydroxylation is 1. The average molecular weight is 413 g/mol. The van der Waals surface area contributed by atoms with Crippen LogP contribution < -0.4 is 16.4 Å². The van der Waals surface area contributed by atoms with Gasteiger partial charge in [-0.3, -0.25) is 14.3 Å². The van der Waals surface area contributed by atoms with Gasteiger partial charge in [0.25, 0.3) is 11.8 Å². The summed E-state index contributed by atoms with van der Waals surface area (Å²) < 4.78 is 12.0. The van der Waals surface area contributed by atoms with Crippen LogP contribution in [-0.4, -0.2) is 50.8 Å². The van der Waals surface area contributed by atoms with Gasteiger partial charge in [0.1, 0.15) is 12.1 Å². The second-order valence-corrected chi connectivity index (χ2v) is 7.29. The number of aromatic nitrogens is 4. The van der Waals surface area contributed by atoms with Gasteiger partial charge in [0.15, 0.2) is 11.4 Å². The molecule has 0 saturated heterocycles. The minimum Gasteiger partial charge on any atom is -0.444 e. The molecule has 30 heavy (non-hydrogen) atoms. The monoisotopic (exact) mass is 413 g/mol. The van der Waals surface area contributed by atoms with Gasteiger partial charge in [-0.1, -0.05) is 0 Å². The fraction of sp³-hybridized carbons (Fsp3) is 0.316. The quantitative estimate of drug-likeness (QED) is 0.504. The van der Waals surface area contributed by atoms with Gasteiger partial charge in [0, 0.05) is 32.1 Å². The number of carbonyl (C=O) groups is 2. The standard InChI is InChI=1S/C19H23N7O4/c1-19(2,10-29-4)24-14-7-11(5-6-21-14)18-23-13(9-30-18)17(28)22-12-8-26(3)25-15(12)16(20)27/h5-9H,10H2,1-4H3,(H2,20,27)(H,21,24)(H,22,28). The van der Waals surface area contributed by atoms with Crippen LogP contribution in [0, 0.1) is 0 Å². The van der Waals surface area contributed by atoms with E-state index in [1.165, 1.54) is 17.1 Å². The van der Waals surface area contributed by atoms with Crippen molar-refractivity contribution in [2.24, 2.45) is 12.8 Å². The van der Waals surface area contributed by atoms with Crippen LogP contribution in [0.5, 0.6) is 0 Å². The number of nitrogens with zero attached hydrogens (tertiary/aromatic N) is 4. The maximum Gasteiger partial charge on any atom is 0.277 e. The number of pyridine rings is 1. The van der Waals surface area contributed by atoms with Crippen LogP contribution in [0.15, 0.2) is 35.2 Å². The first kappa shape index (κ1) is 21.0. The lowest BCUT2D eigenvalue weighted by Crippen LogP contribution is -2.36. The number of ether oxygens (including phenoxy) is 1. The van der Waals surface area contributed by atoms with E-state index in [0.717, 1.165) is 0 Å². The van der Waals surface area contributed by atoms with Crippen LogP contribution in [0.1, 0.15) is 34.8 Å². The number of amides is 2. The lowest BCUT2D eigenvalue weighted by Gasteiger charge is -2.25. The summed E-state index contributed by atoms with van der Waals surface area (Å²) in [5, 5.41) is 9.76. The molecule has 0 radical (unpaired) electrons. The lowest BCUT2D eigenvalue weighted by molar-refractivity contribution is 0.0995. The van der Waals surface area contributed by atoms with E-state index in [9.17, 15) is 9.59 Å². The van der Waals surface area contributed by atoms with E-state index >= 15 is 0 Å². The van der Waals surface area contributed by atoms with Crippen molar-refractivity contribution in [2.45, 2.75) is 19.4 Å². The molecule has 3 heterocycles. The third-order valence-corrected chi connectivity index (χ3v) is 4.03. The van der Waals surface area contributed by atoms with E-state index in [-0.39, 0.29) is 28.5 Å². The fourth-order valence-electron chi connectivity index (χ4n) is 2.83. The summed E-state index contributed by atoms with van der Waals surface area (Å²) in [5.41, 5.74) is 5.77. The molecule has 0 aliphatic carbocycles. The number of oxazole rings is 1. The van der Waals surface area contributed by atoms with Gasteiger partial charge in [-0.25, -0.2) is 9.97 Å². The number of nitrogens with two attached hydrogens (primary N) is 1. The Kier molecular flexibility index (Phi) is 5.83. The summed E-state index contributed by atoms with van der Waals surface area (Å²) in [6.07, 6.45) is 4.31. The molecule has 0 aromatic carbocycles. The van der Waals surface area contributed by atoms with Crippen LogP contribution >= 0.6 is 0 Å². The van der Waals surface area contributed by atoms with Crippen LogP contribution in [0.25, 0.3) is 11.5 Å². The number of nitrogens with one attached hydrogen (secondary N) is 2. The Bertz CT molecular complexity index is 1070. The van der Waals surface area contributed by atoms with Gasteiger partial charge in [0.2, 0.25) is 5.89 Å². The highest BCUT2D eigenvalue weighted by Crippen LogP contribution is 2.23. The number of hydrogen-bond donors (Lipinski definition) is 3. The first-order valence-electron chi connectivity index (χ1n) is 9.02. The molecule has 2 amide bonds. The molecule has 0 bridgehead atoms. The molecule has 11 heteroatoms. The Morgan fingerprint density at radius 2 is 2.13 bits per heavy atom. The van der Waals surface area contributed by atoms with Crippen LogP contribution in [0.4, 0.5) is 11.5 Å². The highest BCUT2D eigenvalue weighted by atomic mass is 16.5. The van der Waals surface area contributed by atoms with Crippen molar-refractivity contribution < 1.29 is 18.7 Å². The molecule has 158 valence electrons. The number of hydrogen-bond acceptors (Lipinski definition) is 8. The molecule has 0 aliphatic heterocycles. The summed E-state index contributed by atoms with van der Waals surface area (Å²) in [6.45, 7) is 4.46. The van der Waals surface area contributed by atoms with E-state index in [2.05, 4.69) is 25.7 Å². The third-order valence-electron chi connectivity index (χ3n) is 4.03. The molecule has 3 aromatic heterocycles. The lowest BCUT2D eigenvalue weighted by atomic mass is 10.1. The third kappa shape index (κ3) is 4.81. The van der Waals surface area contributed by atoms with Gasteiger partial charge in [-0.05, 0) is 26.0 Å². The van der Waals surface area contributed by atoms with Crippen LogP contribution in [-0.2, 0) is 11.8 Å². The number of carbonyl (C=O) groups excluding carboxylic acids is 2. The van der Waals surface area contributed by atoms with Crippen molar-refractivity contribution in [2.75, 3.05) is 24.4 Å². The summed E-state index contributed by atoms with van der Waals surface area (Å²) in [7, 11) is 3.24. The zero-order chi connectivity index (χ0) is 21.9. The van der Waals surface area contributed by atoms with Crippen molar-refractivity contribution in [1.29, 1.82) is 0 Å². The first-order chi connectivity index (χ1) is 14.2. The topological polar surface area (TPSA) is 150 Å². The van der Waals surface area contributed by atoms with Crippen molar-refractivity contribution in [3.63, 3.8) is 0 Å². The predicted octanol–water partition coefficient (Wildman–Crippen LogP) is 1.66. The highest BCUT2D eigenvalue weighted by Gasteiger charge is 2.20. The number of methoxy groups -OCH3 is 1. The largest absolute Gasteiger partial charge is 0.444 e. The zero-order valence-corrected chi connectivity index (χ0v) is 17.1. The average Bonchev–Trinajstić information content (AvgIpc) is 3.28. The normalized spacial score (nSPS) is 11.3. The molecular weight excluding hydrogens is 390 g/mol. The molecule has 0 saturated carbocycles. The van der Waals surface area contributed by atoms with Crippen LogP contribution in [0.3, 0.4) is 0 Å². The maximum absolute atomic E-state index is 12.5. The molecule has 11 nitrogen and oxygen atoms in total. The first-order valence-corrected chi connectivity index (χ1v) is 9.02. The summed E-state index contributed by atoms with van der Waals surface area (Å²) in [6, 6.07) is 3.48. The van der Waals surface area contributed by atoms with Crippen molar-refractivity contribution in [1.82, 2.24) is 19.7 Å². The Hall–Kier alpha value is -3.73. The van der Waals surface area contributed by atoms with E-state index < -0.39 is 11.8 Å². The Labute approximate surface area is 172 Å². The van der Waals surface area contributed by atoms with Gasteiger partial charge < -0.3 is 25.5 Å². The van der Waals surface area contributed by atoms with E-state index in [4.69, 9.17) is 14.9 Å². The van der Waals surface area contributed by atoms with Crippen molar-refractivity contribution >= 4 is 23.3 Å². The van der Waals surface area contributed by atoms with Crippen LogP contribution in [0.2, 0.25) is 0 Å². The predicted molar refractivity (Wildman–Crippen MR) is 109 cm³/mol. The Balaban J connectivity index is 1.77. The fourth-order valence-corrected chi connectivity index (χ4v) is 2.83. The molecule has 3 aromatic rings. The maximum atomic E-state index is 12.5. The van der Waals surface area contributed by atoms with E-state index in [1.54, 1.807) is 32.5 Å². The van der Waals surface area contributed by atoms with Crippen molar-refractivity contribution in [3.8, 4) is 11.5 Å². The summed E-state index contributed by atoms with van der Waals surface area (Å²) in [4.78, 5) is 32.5. The summed E-state index contributed by atoms with van der Waals surface area (Å²) in [5.74, 6) is -0.453. The molecule has 0 atom stereocenters. The number of primary amides is 1. The molecule has 0 spiro atoms. The smallest absolute Gasteiger partial charge is 0.277 e. The molecule has 4 N–H and O–H groups in total. The summed E-state index contributed by atoms with van der Waals surface area (Å²) >= 11 is 0. The SMILES string of the molecule is COCC(C)(C)Nc1cc(-c2nc(C(=O)Nc3cn(C)nc3C(N)=O)co2)ccn1. The van der Waals surface area contributed by atoms with Crippen molar-refractivity contribution in [3.05, 3.63) is 42.2 Å². The minimum atomic E-state index is -0.750. The van der Waals surface area contributed by atoms with E-state index in [1.807, 2.05) is 13.8 Å². The minimum absolute atomic E-state index is 0.0373. The van der Waals surface area contributed by atoms with E-state index in [0.29, 0.717) is 18.0 Å². The van der Waals surface area contributed by atoms with Gasteiger partial charge >= 0.3 is 0 Å². The molecule has 3 rings (SSSR count). The molecular formula is C19H23N7O4. The Morgan fingerprint density at radius 1 is 1.37 bits per heavy atom. The van der Waals surface area contributed by atoms with Gasteiger partial charge in [-0.2, -0.15) is 5.10 Å². The van der Waals surface area contributed by atoms with Gasteiger partial charge in [-0.15, -0.1) is 0 Å². The second kappa shape index (κ2) is 8.33. The molecule has 0 aliphatic rings. The highest BCUT2D eigenvalue weighted by molar-refractivity contribution is 6.07. The van der Waals surface area contributed by atoms with Gasteiger partial charge in [0.05, 0.1) is 17.8 Å². The number of rotatable bonds is 8. The second-order valence-electron chi connectivity index (χ2n) is 7.29. The molecule has 0 unspecified atom stereocenters. The number of anilines is 2. The zero-order valence-electron chi connectivity index (χ0n) is 17.1. The molecule has 0 fully saturated rings.